The van der Waals surface area contributed by atoms with Crippen molar-refractivity contribution in [2.45, 2.75) is 19.4 Å². The predicted octanol–water partition coefficient (Wildman–Crippen LogP) is 2.71. The fourth-order valence-corrected chi connectivity index (χ4v) is 1.93. The first-order valence-corrected chi connectivity index (χ1v) is 7.05. The van der Waals surface area contributed by atoms with E-state index in [1.165, 1.54) is 6.26 Å². The zero-order valence-electron chi connectivity index (χ0n) is 12.6. The van der Waals surface area contributed by atoms with Crippen LogP contribution in [0.2, 0.25) is 0 Å². The van der Waals surface area contributed by atoms with Crippen LogP contribution in [-0.2, 0) is 5.60 Å². The van der Waals surface area contributed by atoms with E-state index in [1.807, 2.05) is 13.0 Å². The molecular weight excluding hydrogens is 284 g/mol. The van der Waals surface area contributed by atoms with Crippen LogP contribution in [0.5, 0.6) is 5.75 Å². The maximum absolute atomic E-state index is 11.9. The third-order valence-corrected chi connectivity index (χ3v) is 3.05. The maximum atomic E-state index is 11.9. The summed E-state index contributed by atoms with van der Waals surface area (Å²) in [6, 6.07) is 10.0. The summed E-state index contributed by atoms with van der Waals surface area (Å²) in [6.07, 6.45) is 1.48. The summed E-state index contributed by atoms with van der Waals surface area (Å²) in [6.45, 7) is 4.05. The van der Waals surface area contributed by atoms with Gasteiger partial charge in [0.05, 0.1) is 19.4 Å². The number of anilines is 1. The lowest BCUT2D eigenvalue weighted by atomic mass is 10.0. The smallest absolute Gasteiger partial charge is 0.319 e. The molecule has 2 amide bonds. The molecule has 0 bridgehead atoms. The molecule has 0 fully saturated rings. The third-order valence-electron chi connectivity index (χ3n) is 3.05. The minimum atomic E-state index is -1.27. The Morgan fingerprint density at radius 1 is 1.36 bits per heavy atom. The van der Waals surface area contributed by atoms with Gasteiger partial charge in [-0.05, 0) is 38.1 Å². The van der Waals surface area contributed by atoms with Crippen LogP contribution < -0.4 is 15.4 Å². The fraction of sp³-hybridized carbons (Fsp3) is 0.312. The van der Waals surface area contributed by atoms with Crippen molar-refractivity contribution in [3.05, 3.63) is 48.4 Å². The van der Waals surface area contributed by atoms with E-state index in [0.29, 0.717) is 23.8 Å². The number of carbonyl (C=O) groups is 1. The summed E-state index contributed by atoms with van der Waals surface area (Å²) in [5, 5.41) is 15.5. The lowest BCUT2D eigenvalue weighted by Crippen LogP contribution is -2.40. The predicted molar refractivity (Wildman–Crippen MR) is 82.9 cm³/mol. The minimum absolute atomic E-state index is 0.0253. The monoisotopic (exact) mass is 304 g/mol. The molecule has 0 radical (unpaired) electrons. The molecule has 0 saturated heterocycles. The molecule has 2 aromatic rings. The van der Waals surface area contributed by atoms with Gasteiger partial charge in [0.1, 0.15) is 17.1 Å². The number of urea groups is 1. The zero-order chi connectivity index (χ0) is 16.0. The first-order chi connectivity index (χ1) is 10.5. The molecule has 6 heteroatoms. The molecule has 0 spiro atoms. The largest absolute Gasteiger partial charge is 0.494 e. The average molecular weight is 304 g/mol. The quantitative estimate of drug-likeness (QED) is 0.766. The highest BCUT2D eigenvalue weighted by Gasteiger charge is 2.26. The van der Waals surface area contributed by atoms with Crippen LogP contribution in [-0.4, -0.2) is 24.3 Å². The Kier molecular flexibility index (Phi) is 5.06. The van der Waals surface area contributed by atoms with Crippen LogP contribution >= 0.6 is 0 Å². The molecule has 118 valence electrons. The van der Waals surface area contributed by atoms with E-state index >= 15 is 0 Å². The first kappa shape index (κ1) is 15.9. The number of hydrogen-bond acceptors (Lipinski definition) is 4. The Bertz CT molecular complexity index is 608. The second-order valence-electron chi connectivity index (χ2n) is 5.02. The van der Waals surface area contributed by atoms with E-state index in [4.69, 9.17) is 9.15 Å². The van der Waals surface area contributed by atoms with Crippen LogP contribution in [0.1, 0.15) is 19.6 Å². The average Bonchev–Trinajstić information content (AvgIpc) is 3.01. The fourth-order valence-electron chi connectivity index (χ4n) is 1.93. The summed E-state index contributed by atoms with van der Waals surface area (Å²) < 4.78 is 10.5. The van der Waals surface area contributed by atoms with Crippen molar-refractivity contribution < 1.29 is 19.1 Å². The zero-order valence-corrected chi connectivity index (χ0v) is 12.6. The summed E-state index contributed by atoms with van der Waals surface area (Å²) >= 11 is 0. The van der Waals surface area contributed by atoms with Crippen molar-refractivity contribution in [3.63, 3.8) is 0 Å². The highest BCUT2D eigenvalue weighted by atomic mass is 16.5. The van der Waals surface area contributed by atoms with Crippen molar-refractivity contribution in [2.24, 2.45) is 0 Å². The van der Waals surface area contributed by atoms with E-state index in [0.717, 1.165) is 0 Å². The lowest BCUT2D eigenvalue weighted by Gasteiger charge is -2.21. The van der Waals surface area contributed by atoms with Crippen LogP contribution in [0.3, 0.4) is 0 Å². The molecule has 1 aromatic carbocycles. The highest BCUT2D eigenvalue weighted by molar-refractivity contribution is 5.89. The first-order valence-electron chi connectivity index (χ1n) is 7.05. The number of carbonyl (C=O) groups excluding carboxylic acids is 1. The van der Waals surface area contributed by atoms with E-state index in [1.54, 1.807) is 37.3 Å². The number of ether oxygens (including phenoxy) is 1. The summed E-state index contributed by atoms with van der Waals surface area (Å²) in [5.74, 6) is 1.08. The Hall–Kier alpha value is -2.47. The number of rotatable bonds is 6. The van der Waals surface area contributed by atoms with Crippen molar-refractivity contribution in [1.29, 1.82) is 0 Å². The van der Waals surface area contributed by atoms with Crippen LogP contribution in [0.15, 0.2) is 47.1 Å². The maximum Gasteiger partial charge on any atom is 0.319 e. The van der Waals surface area contributed by atoms with Gasteiger partial charge in [0, 0.05) is 11.8 Å². The van der Waals surface area contributed by atoms with Crippen LogP contribution in [0.25, 0.3) is 0 Å². The number of nitrogens with one attached hydrogen (secondary N) is 2. The van der Waals surface area contributed by atoms with Gasteiger partial charge in [-0.1, -0.05) is 6.07 Å². The van der Waals surface area contributed by atoms with E-state index in [9.17, 15) is 9.90 Å². The minimum Gasteiger partial charge on any atom is -0.494 e. The summed E-state index contributed by atoms with van der Waals surface area (Å²) in [4.78, 5) is 11.9. The summed E-state index contributed by atoms with van der Waals surface area (Å²) in [7, 11) is 0. The highest BCUT2D eigenvalue weighted by Crippen LogP contribution is 2.20. The van der Waals surface area contributed by atoms with E-state index < -0.39 is 11.6 Å². The molecular formula is C16H20N2O4. The Labute approximate surface area is 129 Å². The number of aliphatic hydroxyl groups is 1. The molecule has 1 aromatic heterocycles. The second-order valence-corrected chi connectivity index (χ2v) is 5.02. The topological polar surface area (TPSA) is 83.7 Å². The van der Waals surface area contributed by atoms with Crippen molar-refractivity contribution in [3.8, 4) is 5.75 Å². The summed E-state index contributed by atoms with van der Waals surface area (Å²) in [5.41, 5.74) is -0.658. The Balaban J connectivity index is 1.89. The molecule has 3 N–H and O–H groups in total. The SMILES string of the molecule is CCOc1cccc(NC(=O)NCC(C)(O)c2ccco2)c1. The Morgan fingerprint density at radius 3 is 2.86 bits per heavy atom. The third kappa shape index (κ3) is 4.26. The van der Waals surface area contributed by atoms with Gasteiger partial charge < -0.3 is 24.9 Å². The molecule has 2 rings (SSSR count). The second kappa shape index (κ2) is 7.00. The van der Waals surface area contributed by atoms with Gasteiger partial charge in [-0.25, -0.2) is 4.79 Å². The van der Waals surface area contributed by atoms with Gasteiger partial charge in [-0.15, -0.1) is 0 Å². The van der Waals surface area contributed by atoms with Crippen LogP contribution in [0.4, 0.5) is 10.5 Å². The molecule has 22 heavy (non-hydrogen) atoms. The number of furan rings is 1. The van der Waals surface area contributed by atoms with Crippen LogP contribution in [0, 0.1) is 0 Å². The molecule has 1 atom stereocenters. The van der Waals surface area contributed by atoms with E-state index in [-0.39, 0.29) is 6.54 Å². The van der Waals surface area contributed by atoms with Gasteiger partial charge in [-0.3, -0.25) is 0 Å². The lowest BCUT2D eigenvalue weighted by molar-refractivity contribution is 0.0372. The van der Waals surface area contributed by atoms with Gasteiger partial charge in [0.25, 0.3) is 0 Å². The van der Waals surface area contributed by atoms with Gasteiger partial charge in [-0.2, -0.15) is 0 Å². The van der Waals surface area contributed by atoms with Gasteiger partial charge in [0.15, 0.2) is 0 Å². The van der Waals surface area contributed by atoms with Gasteiger partial charge in [0.2, 0.25) is 0 Å². The van der Waals surface area contributed by atoms with E-state index in [2.05, 4.69) is 10.6 Å². The standard InChI is InChI=1S/C16H20N2O4/c1-3-21-13-7-4-6-12(10-13)18-15(19)17-11-16(2,20)14-8-5-9-22-14/h4-10,20H,3,11H2,1-2H3,(H2,17,18,19). The number of amides is 2. The molecule has 0 aliphatic rings. The van der Waals surface area contributed by atoms with Gasteiger partial charge >= 0.3 is 6.03 Å². The normalized spacial score (nSPS) is 13.2. The molecule has 1 unspecified atom stereocenters. The van der Waals surface area contributed by atoms with Crippen molar-refractivity contribution >= 4 is 11.7 Å². The number of hydrogen-bond donors (Lipinski definition) is 3. The molecule has 6 nitrogen and oxygen atoms in total. The Morgan fingerprint density at radius 2 is 2.18 bits per heavy atom. The molecule has 0 saturated carbocycles. The molecule has 1 heterocycles. The van der Waals surface area contributed by atoms with Crippen molar-refractivity contribution in [1.82, 2.24) is 5.32 Å². The molecule has 0 aliphatic carbocycles. The molecule has 0 aliphatic heterocycles. The number of benzene rings is 1. The van der Waals surface area contributed by atoms with Crippen molar-refractivity contribution in [2.75, 3.05) is 18.5 Å².